The Morgan fingerprint density at radius 2 is 1.50 bits per heavy atom. The Bertz CT molecular complexity index is 461. The fourth-order valence-electron chi connectivity index (χ4n) is 1.01. The molecule has 0 amide bonds. The van der Waals surface area contributed by atoms with E-state index >= 15 is 0 Å². The quantitative estimate of drug-likeness (QED) is 0.577. The first-order valence-electron chi connectivity index (χ1n) is 3.73. The summed E-state index contributed by atoms with van der Waals surface area (Å²) < 4.78 is 0. The topological polar surface area (TPSA) is 144 Å². The highest BCUT2D eigenvalue weighted by molar-refractivity contribution is 5.90. The van der Waals surface area contributed by atoms with Crippen LogP contribution in [0, 0.1) is 20.2 Å². The van der Waals surface area contributed by atoms with Gasteiger partial charge in [0.2, 0.25) is 0 Å². The Labute approximate surface area is 86.9 Å². The molecule has 84 valence electrons. The van der Waals surface area contributed by atoms with Gasteiger partial charge in [-0.15, -0.1) is 0 Å². The lowest BCUT2D eigenvalue weighted by Gasteiger charge is -1.99. The van der Waals surface area contributed by atoms with Gasteiger partial charge in [-0.3, -0.25) is 20.2 Å². The fourth-order valence-corrected chi connectivity index (χ4v) is 1.01. The monoisotopic (exact) mass is 228 g/mol. The molecule has 0 unspecified atom stereocenters. The molecule has 1 aromatic rings. The van der Waals surface area contributed by atoms with Crippen LogP contribution in [-0.4, -0.2) is 26.0 Å². The third-order valence-corrected chi connectivity index (χ3v) is 1.71. The molecule has 0 spiro atoms. The molecule has 0 aliphatic rings. The van der Waals surface area contributed by atoms with E-state index in [1.807, 2.05) is 0 Å². The first-order valence-corrected chi connectivity index (χ1v) is 3.73. The number of phenols is 1. The summed E-state index contributed by atoms with van der Waals surface area (Å²) in [5.41, 5.74) is -2.69. The highest BCUT2D eigenvalue weighted by atomic mass is 16.6. The standard InChI is InChI=1S/C7H4N2O7/c10-6-4(8(13)14)1-3(7(11)12)2-5(6)9(15)16/h1-2,10H,(H,11,12). The maximum Gasteiger partial charge on any atom is 0.336 e. The van der Waals surface area contributed by atoms with Crippen molar-refractivity contribution in [3.05, 3.63) is 37.9 Å². The zero-order valence-electron chi connectivity index (χ0n) is 7.48. The SMILES string of the molecule is O=C(O)c1cc([N+](=O)[O-])c(O)c([N+](=O)[O-])c1. The van der Waals surface area contributed by atoms with Crippen LogP contribution >= 0.6 is 0 Å². The summed E-state index contributed by atoms with van der Waals surface area (Å²) in [6.07, 6.45) is 0. The number of hydrogen-bond acceptors (Lipinski definition) is 6. The van der Waals surface area contributed by atoms with Gasteiger partial charge >= 0.3 is 17.3 Å². The highest BCUT2D eigenvalue weighted by Crippen LogP contribution is 2.36. The summed E-state index contributed by atoms with van der Waals surface area (Å²) in [5, 5.41) is 38.5. The van der Waals surface area contributed by atoms with Crippen molar-refractivity contribution in [1.82, 2.24) is 0 Å². The summed E-state index contributed by atoms with van der Waals surface area (Å²) in [5.74, 6) is -2.73. The van der Waals surface area contributed by atoms with Gasteiger partial charge in [-0.05, 0) is 0 Å². The van der Waals surface area contributed by atoms with Crippen molar-refractivity contribution in [2.24, 2.45) is 0 Å². The van der Waals surface area contributed by atoms with Gasteiger partial charge in [0.1, 0.15) is 0 Å². The molecule has 2 N–H and O–H groups in total. The molecule has 16 heavy (non-hydrogen) atoms. The van der Waals surface area contributed by atoms with Crippen LogP contribution in [0.3, 0.4) is 0 Å². The number of nitrogens with zero attached hydrogens (tertiary/aromatic N) is 2. The van der Waals surface area contributed by atoms with Crippen molar-refractivity contribution in [3.8, 4) is 5.75 Å². The van der Waals surface area contributed by atoms with E-state index in [0.29, 0.717) is 12.1 Å². The average Bonchev–Trinajstić information content (AvgIpc) is 2.16. The molecule has 1 rings (SSSR count). The lowest BCUT2D eigenvalue weighted by atomic mass is 10.1. The van der Waals surface area contributed by atoms with E-state index in [1.54, 1.807) is 0 Å². The Morgan fingerprint density at radius 1 is 1.12 bits per heavy atom. The van der Waals surface area contributed by atoms with E-state index in [-0.39, 0.29) is 0 Å². The van der Waals surface area contributed by atoms with Crippen LogP contribution in [0.4, 0.5) is 11.4 Å². The number of carboxylic acid groups (broad SMARTS) is 1. The van der Waals surface area contributed by atoms with E-state index in [9.17, 15) is 25.0 Å². The van der Waals surface area contributed by atoms with E-state index < -0.39 is 38.5 Å². The van der Waals surface area contributed by atoms with Crippen LogP contribution in [0.5, 0.6) is 5.75 Å². The Balaban J connectivity index is 3.57. The van der Waals surface area contributed by atoms with E-state index in [1.165, 1.54) is 0 Å². The smallest absolute Gasteiger partial charge is 0.336 e. The molecular weight excluding hydrogens is 224 g/mol. The third-order valence-electron chi connectivity index (χ3n) is 1.71. The fraction of sp³-hybridized carbons (Fsp3) is 0. The molecule has 0 aromatic heterocycles. The van der Waals surface area contributed by atoms with E-state index in [4.69, 9.17) is 10.2 Å². The summed E-state index contributed by atoms with van der Waals surface area (Å²) in [6, 6.07) is 1.09. The second-order valence-corrected chi connectivity index (χ2v) is 2.68. The van der Waals surface area contributed by atoms with Gasteiger partial charge < -0.3 is 10.2 Å². The van der Waals surface area contributed by atoms with Crippen molar-refractivity contribution < 1.29 is 24.9 Å². The number of hydrogen-bond donors (Lipinski definition) is 2. The second kappa shape index (κ2) is 3.81. The maximum atomic E-state index is 10.5. The highest BCUT2D eigenvalue weighted by Gasteiger charge is 2.27. The molecule has 9 heteroatoms. The first-order chi connectivity index (χ1) is 7.34. The first kappa shape index (κ1) is 11.4. The molecule has 1 aromatic carbocycles. The molecule has 0 aliphatic carbocycles. The number of carbonyl (C=O) groups is 1. The number of aromatic carboxylic acids is 1. The van der Waals surface area contributed by atoms with Crippen LogP contribution in [0.25, 0.3) is 0 Å². The molecule has 0 atom stereocenters. The summed E-state index contributed by atoms with van der Waals surface area (Å²) in [4.78, 5) is 29.1. The molecule has 0 bridgehead atoms. The van der Waals surface area contributed by atoms with Gasteiger partial charge in [-0.2, -0.15) is 0 Å². The minimum Gasteiger partial charge on any atom is -0.497 e. The average molecular weight is 228 g/mol. The minimum absolute atomic E-state index is 0.546. The van der Waals surface area contributed by atoms with Crippen LogP contribution in [0.15, 0.2) is 12.1 Å². The summed E-state index contributed by atoms with van der Waals surface area (Å²) in [6.45, 7) is 0. The normalized spacial score (nSPS) is 9.75. The number of nitro groups is 2. The van der Waals surface area contributed by atoms with Crippen molar-refractivity contribution in [2.75, 3.05) is 0 Å². The molecule has 0 fully saturated rings. The molecule has 0 aliphatic heterocycles. The predicted molar refractivity (Wildman–Crippen MR) is 48.4 cm³/mol. The number of phenolic OH excluding ortho intramolecular Hbond substituents is 1. The molecule has 0 radical (unpaired) electrons. The lowest BCUT2D eigenvalue weighted by Crippen LogP contribution is -2.01. The molecule has 0 heterocycles. The van der Waals surface area contributed by atoms with Crippen LogP contribution in [-0.2, 0) is 0 Å². The Kier molecular flexibility index (Phi) is 2.70. The summed E-state index contributed by atoms with van der Waals surface area (Å²) in [7, 11) is 0. The van der Waals surface area contributed by atoms with Crippen molar-refractivity contribution >= 4 is 17.3 Å². The third kappa shape index (κ3) is 1.87. The number of benzene rings is 1. The molecule has 0 saturated carbocycles. The summed E-state index contributed by atoms with van der Waals surface area (Å²) >= 11 is 0. The van der Waals surface area contributed by atoms with Crippen molar-refractivity contribution in [1.29, 1.82) is 0 Å². The second-order valence-electron chi connectivity index (χ2n) is 2.68. The van der Waals surface area contributed by atoms with Crippen LogP contribution in [0.1, 0.15) is 10.4 Å². The van der Waals surface area contributed by atoms with Crippen LogP contribution in [0.2, 0.25) is 0 Å². The Hall–Kier alpha value is -2.71. The minimum atomic E-state index is -1.56. The maximum absolute atomic E-state index is 10.5. The lowest BCUT2D eigenvalue weighted by molar-refractivity contribution is -0.396. The number of aromatic hydroxyl groups is 1. The molecule has 0 saturated heterocycles. The Morgan fingerprint density at radius 3 is 1.75 bits per heavy atom. The van der Waals surface area contributed by atoms with Gasteiger partial charge in [0.05, 0.1) is 15.4 Å². The largest absolute Gasteiger partial charge is 0.497 e. The predicted octanol–water partition coefficient (Wildman–Crippen LogP) is 0.907. The van der Waals surface area contributed by atoms with Crippen molar-refractivity contribution in [3.63, 3.8) is 0 Å². The number of rotatable bonds is 3. The van der Waals surface area contributed by atoms with Gasteiger partial charge in [0, 0.05) is 12.1 Å². The van der Waals surface area contributed by atoms with E-state index in [0.717, 1.165) is 0 Å². The van der Waals surface area contributed by atoms with Gasteiger partial charge in [-0.25, -0.2) is 4.79 Å². The van der Waals surface area contributed by atoms with Gasteiger partial charge in [0.25, 0.3) is 5.75 Å². The van der Waals surface area contributed by atoms with E-state index in [2.05, 4.69) is 0 Å². The van der Waals surface area contributed by atoms with Gasteiger partial charge in [0.15, 0.2) is 0 Å². The zero-order valence-corrected chi connectivity index (χ0v) is 7.48. The van der Waals surface area contributed by atoms with Gasteiger partial charge in [-0.1, -0.05) is 0 Å². The van der Waals surface area contributed by atoms with Crippen LogP contribution < -0.4 is 0 Å². The zero-order chi connectivity index (χ0) is 12.5. The number of carboxylic acids is 1. The molecule has 9 nitrogen and oxygen atoms in total. The molecular formula is C7H4N2O7. The van der Waals surface area contributed by atoms with Crippen molar-refractivity contribution in [2.45, 2.75) is 0 Å². The number of nitro benzene ring substituents is 2.